The van der Waals surface area contributed by atoms with Gasteiger partial charge in [-0.05, 0) is 18.6 Å². The van der Waals surface area contributed by atoms with E-state index in [1.165, 1.54) is 0 Å². The number of ether oxygens (including phenoxy) is 1. The Labute approximate surface area is 228 Å². The fraction of sp³-hybridized carbons (Fsp3) is 0.333. The molecule has 0 unspecified atom stereocenters. The molecular weight excluding hydrogens is 532 g/mol. The lowest BCUT2D eigenvalue weighted by atomic mass is 9.96. The van der Waals surface area contributed by atoms with Crippen molar-refractivity contribution in [2.24, 2.45) is 0 Å². The van der Waals surface area contributed by atoms with Crippen molar-refractivity contribution in [3.63, 3.8) is 0 Å². The lowest BCUT2D eigenvalue weighted by Crippen LogP contribution is -2.42. The predicted molar refractivity (Wildman–Crippen MR) is 137 cm³/mol. The van der Waals surface area contributed by atoms with Crippen LogP contribution in [0.15, 0.2) is 61.2 Å². The third kappa shape index (κ3) is 10.1. The van der Waals surface area contributed by atoms with Crippen LogP contribution in [0.4, 0.5) is 8.78 Å². The van der Waals surface area contributed by atoms with Crippen LogP contribution in [0.2, 0.25) is 0 Å². The molecule has 0 spiro atoms. The van der Waals surface area contributed by atoms with Gasteiger partial charge in [0.1, 0.15) is 5.75 Å². The standard InChI is InChI=1S/C21H23F2N3O.C6H8O7/c1-27-20-9-3-2-6-17(20)14-26(12-5-11-25-13-10-24-16-25)15-18-7-4-8-19(22)21(18)23;7-3(8)1-6(13,5(11)12)2-4(9)10/h2-4,6-10,13,16H,5,11-12,14-15H2,1H3;13H,1-2H2,(H,7,8)(H,9,10)(H,11,12). The predicted octanol–water partition coefficient (Wildman–Crippen LogP) is 3.01. The Balaban J connectivity index is 0.000000366. The van der Waals surface area contributed by atoms with Crippen molar-refractivity contribution < 1.29 is 48.3 Å². The van der Waals surface area contributed by atoms with Gasteiger partial charge >= 0.3 is 17.9 Å². The maximum Gasteiger partial charge on any atom is 0.336 e. The van der Waals surface area contributed by atoms with Gasteiger partial charge in [0.05, 0.1) is 26.3 Å². The second-order valence-electron chi connectivity index (χ2n) is 8.87. The molecule has 0 aliphatic carbocycles. The Hall–Kier alpha value is -4.36. The Morgan fingerprint density at radius 2 is 1.60 bits per heavy atom. The number of benzene rings is 2. The van der Waals surface area contributed by atoms with Crippen LogP contribution in [0.25, 0.3) is 0 Å². The minimum absolute atomic E-state index is 0.325. The summed E-state index contributed by atoms with van der Waals surface area (Å²) in [5.41, 5.74) is -1.37. The molecule has 0 bridgehead atoms. The second kappa shape index (κ2) is 15.3. The summed E-state index contributed by atoms with van der Waals surface area (Å²) in [5.74, 6) is -5.83. The van der Waals surface area contributed by atoms with Gasteiger partial charge in [0.25, 0.3) is 0 Å². The number of aryl methyl sites for hydroxylation is 1. The lowest BCUT2D eigenvalue weighted by Gasteiger charge is -2.24. The molecular formula is C27H31F2N3O8. The van der Waals surface area contributed by atoms with Crippen LogP contribution in [0.1, 0.15) is 30.4 Å². The fourth-order valence-corrected chi connectivity index (χ4v) is 3.81. The van der Waals surface area contributed by atoms with E-state index in [0.717, 1.165) is 36.9 Å². The molecule has 0 atom stereocenters. The molecule has 1 aromatic heterocycles. The smallest absolute Gasteiger partial charge is 0.336 e. The van der Waals surface area contributed by atoms with Crippen LogP contribution in [0.5, 0.6) is 5.75 Å². The summed E-state index contributed by atoms with van der Waals surface area (Å²) >= 11 is 0. The minimum atomic E-state index is -2.74. The second-order valence-corrected chi connectivity index (χ2v) is 8.87. The SMILES string of the molecule is COc1ccccc1CN(CCCn1ccnc1)Cc1cccc(F)c1F.O=C(O)CC(O)(CC(=O)O)C(=O)O. The number of halogens is 2. The number of hydrogen-bond donors (Lipinski definition) is 4. The number of rotatable bonds is 14. The van der Waals surface area contributed by atoms with Crippen LogP contribution in [-0.4, -0.2) is 72.0 Å². The molecule has 3 rings (SSSR count). The van der Waals surface area contributed by atoms with E-state index in [4.69, 9.17) is 25.2 Å². The highest BCUT2D eigenvalue weighted by atomic mass is 19.2. The van der Waals surface area contributed by atoms with Gasteiger partial charge < -0.3 is 29.7 Å². The van der Waals surface area contributed by atoms with E-state index in [1.54, 1.807) is 31.8 Å². The van der Waals surface area contributed by atoms with Crippen LogP contribution in [0.3, 0.4) is 0 Å². The summed E-state index contributed by atoms with van der Waals surface area (Å²) in [6.07, 6.45) is 4.01. The highest BCUT2D eigenvalue weighted by Crippen LogP contribution is 2.22. The summed E-state index contributed by atoms with van der Waals surface area (Å²) in [4.78, 5) is 36.6. The first kappa shape index (κ1) is 31.9. The van der Waals surface area contributed by atoms with Gasteiger partial charge in [0.15, 0.2) is 17.2 Å². The monoisotopic (exact) mass is 563 g/mol. The van der Waals surface area contributed by atoms with Crippen LogP contribution in [-0.2, 0) is 34.0 Å². The Morgan fingerprint density at radius 1 is 0.975 bits per heavy atom. The zero-order valence-corrected chi connectivity index (χ0v) is 21.7. The van der Waals surface area contributed by atoms with Gasteiger partial charge in [0, 0.05) is 49.7 Å². The van der Waals surface area contributed by atoms with E-state index >= 15 is 0 Å². The van der Waals surface area contributed by atoms with E-state index in [9.17, 15) is 23.2 Å². The average Bonchev–Trinajstić information content (AvgIpc) is 3.40. The van der Waals surface area contributed by atoms with Gasteiger partial charge in [-0.15, -0.1) is 0 Å². The van der Waals surface area contributed by atoms with E-state index in [1.807, 2.05) is 35.0 Å². The van der Waals surface area contributed by atoms with Gasteiger partial charge in [-0.25, -0.2) is 18.6 Å². The molecule has 40 heavy (non-hydrogen) atoms. The molecule has 2 aromatic carbocycles. The number of carboxylic acids is 3. The highest BCUT2D eigenvalue weighted by molar-refractivity contribution is 5.88. The quantitative estimate of drug-likeness (QED) is 0.229. The summed E-state index contributed by atoms with van der Waals surface area (Å²) < 4.78 is 35.2. The van der Waals surface area contributed by atoms with Crippen molar-refractivity contribution in [1.29, 1.82) is 0 Å². The van der Waals surface area contributed by atoms with Crippen molar-refractivity contribution in [1.82, 2.24) is 14.5 Å². The van der Waals surface area contributed by atoms with Gasteiger partial charge in [-0.1, -0.05) is 30.3 Å². The molecule has 3 aromatic rings. The first-order valence-corrected chi connectivity index (χ1v) is 12.1. The third-order valence-corrected chi connectivity index (χ3v) is 5.75. The Morgan fingerprint density at radius 3 is 2.17 bits per heavy atom. The number of hydrogen-bond acceptors (Lipinski definition) is 7. The Bertz CT molecular complexity index is 1250. The van der Waals surface area contributed by atoms with Gasteiger partial charge in [0.2, 0.25) is 0 Å². The number of para-hydroxylation sites is 1. The number of aliphatic hydroxyl groups is 1. The summed E-state index contributed by atoms with van der Waals surface area (Å²) in [6, 6.07) is 12.1. The van der Waals surface area contributed by atoms with E-state index in [0.29, 0.717) is 18.7 Å². The van der Waals surface area contributed by atoms with E-state index < -0.39 is 48.0 Å². The summed E-state index contributed by atoms with van der Waals surface area (Å²) in [7, 11) is 1.63. The molecule has 1 heterocycles. The molecule has 0 radical (unpaired) electrons. The molecule has 0 saturated heterocycles. The van der Waals surface area contributed by atoms with Crippen molar-refractivity contribution in [2.75, 3.05) is 13.7 Å². The number of methoxy groups -OCH3 is 1. The number of aliphatic carboxylic acids is 3. The number of aromatic nitrogens is 2. The zero-order valence-electron chi connectivity index (χ0n) is 21.7. The third-order valence-electron chi connectivity index (χ3n) is 5.75. The number of imidazole rings is 1. The zero-order chi connectivity index (χ0) is 29.7. The van der Waals surface area contributed by atoms with Crippen LogP contribution in [0, 0.1) is 11.6 Å². The Kier molecular flexibility index (Phi) is 12.2. The molecule has 0 aliphatic rings. The van der Waals surface area contributed by atoms with Gasteiger partial charge in [-0.2, -0.15) is 0 Å². The molecule has 0 amide bonds. The number of carbonyl (C=O) groups is 3. The normalized spacial score (nSPS) is 11.0. The van der Waals surface area contributed by atoms with Gasteiger partial charge in [-0.3, -0.25) is 14.5 Å². The summed E-state index contributed by atoms with van der Waals surface area (Å²) in [6.45, 7) is 2.45. The van der Waals surface area contributed by atoms with Crippen molar-refractivity contribution in [3.05, 3.63) is 83.9 Å². The molecule has 0 saturated carbocycles. The van der Waals surface area contributed by atoms with E-state index in [2.05, 4.69) is 9.88 Å². The maximum atomic E-state index is 14.2. The van der Waals surface area contributed by atoms with E-state index in [-0.39, 0.29) is 0 Å². The number of nitrogens with zero attached hydrogens (tertiary/aromatic N) is 3. The van der Waals surface area contributed by atoms with Crippen LogP contribution < -0.4 is 4.74 Å². The molecule has 11 nitrogen and oxygen atoms in total. The first-order valence-electron chi connectivity index (χ1n) is 12.1. The minimum Gasteiger partial charge on any atom is -0.496 e. The molecule has 4 N–H and O–H groups in total. The van der Waals surface area contributed by atoms with Crippen molar-refractivity contribution >= 4 is 17.9 Å². The lowest BCUT2D eigenvalue weighted by molar-refractivity contribution is -0.170. The average molecular weight is 564 g/mol. The highest BCUT2D eigenvalue weighted by Gasteiger charge is 2.40. The fourth-order valence-electron chi connectivity index (χ4n) is 3.81. The summed E-state index contributed by atoms with van der Waals surface area (Å²) in [5, 5.41) is 33.8. The molecule has 0 aliphatic heterocycles. The topological polar surface area (TPSA) is 162 Å². The largest absolute Gasteiger partial charge is 0.496 e. The maximum absolute atomic E-state index is 14.2. The van der Waals surface area contributed by atoms with Crippen molar-refractivity contribution in [2.45, 2.75) is 44.5 Å². The number of carboxylic acid groups (broad SMARTS) is 3. The first-order chi connectivity index (χ1) is 18.9. The van der Waals surface area contributed by atoms with Crippen molar-refractivity contribution in [3.8, 4) is 5.75 Å². The van der Waals surface area contributed by atoms with Crippen LogP contribution >= 0.6 is 0 Å². The molecule has 216 valence electrons. The molecule has 0 fully saturated rings. The molecule has 13 heteroatoms.